The van der Waals surface area contributed by atoms with Crippen LogP contribution in [0.4, 0.5) is 0 Å². The number of aliphatic carboxylic acids is 1. The second-order valence-corrected chi connectivity index (χ2v) is 14.5. The number of nitrogens with one attached hydrogen (secondary N) is 6. The van der Waals surface area contributed by atoms with Crippen molar-refractivity contribution in [1.29, 1.82) is 0 Å². The van der Waals surface area contributed by atoms with Crippen molar-refractivity contribution in [3.63, 3.8) is 0 Å². The number of aliphatic imine (C=N–C) groups is 1. The van der Waals surface area contributed by atoms with Crippen LogP contribution in [0.5, 0.6) is 0 Å². The Labute approximate surface area is 318 Å². The van der Waals surface area contributed by atoms with E-state index < -0.39 is 108 Å². The molecule has 0 aromatic heterocycles. The van der Waals surface area contributed by atoms with Gasteiger partial charge in [-0.05, 0) is 64.7 Å². The monoisotopic (exact) mass is 777 g/mol. The Balaban J connectivity index is 1.96. The number of guanidine groups is 1. The van der Waals surface area contributed by atoms with E-state index in [0.717, 1.165) is 0 Å². The standard InChI is InChI=1S/C34H55N11O10/c1-17(2)14-22-32(54)45-13-7-10-24(45)33(55)44-12-6-9-23(44)31(53)40-18(3)27(49)39-19(4)28(50)42-20(8-5-11-37-34(35)36)29(51)38-16-25(46)41-21(15-26(47)48)30(52)43-22/h17-24H,5-16H2,1-4H3,(H,38,51)(H,39,49)(H,40,53)(H,41,46)(H,42,50)(H,43,52)(H,47,48)(H4,35,36,37)/t18-,19+,20-,21-,22-,23-,24+/m0/s1. The lowest BCUT2D eigenvalue weighted by Gasteiger charge is -2.34. The Morgan fingerprint density at radius 2 is 1.31 bits per heavy atom. The van der Waals surface area contributed by atoms with Crippen LogP contribution in [0, 0.1) is 5.92 Å². The Hall–Kier alpha value is -5.50. The Kier molecular flexibility index (Phi) is 16.2. The molecule has 8 amide bonds. The molecule has 21 heteroatoms. The third-order valence-corrected chi connectivity index (χ3v) is 9.52. The molecule has 3 fully saturated rings. The quantitative estimate of drug-likeness (QED) is 0.0650. The molecule has 3 saturated heterocycles. The van der Waals surface area contributed by atoms with Gasteiger partial charge in [-0.15, -0.1) is 0 Å². The lowest BCUT2D eigenvalue weighted by atomic mass is 10.0. The van der Waals surface area contributed by atoms with Crippen LogP contribution >= 0.6 is 0 Å². The number of carbonyl (C=O) groups excluding carboxylic acids is 8. The van der Waals surface area contributed by atoms with Crippen molar-refractivity contribution in [3.8, 4) is 0 Å². The van der Waals surface area contributed by atoms with Crippen LogP contribution in [0.2, 0.25) is 0 Å². The van der Waals surface area contributed by atoms with E-state index in [1.54, 1.807) is 0 Å². The van der Waals surface area contributed by atoms with Gasteiger partial charge in [-0.25, -0.2) is 0 Å². The molecule has 3 aliphatic rings. The van der Waals surface area contributed by atoms with E-state index in [4.69, 9.17) is 11.5 Å². The topological polar surface area (TPSA) is 317 Å². The summed E-state index contributed by atoms with van der Waals surface area (Å²) >= 11 is 0. The molecule has 3 heterocycles. The van der Waals surface area contributed by atoms with E-state index >= 15 is 0 Å². The average molecular weight is 778 g/mol. The highest BCUT2D eigenvalue weighted by Gasteiger charge is 2.44. The number of carbonyl (C=O) groups is 9. The van der Waals surface area contributed by atoms with Crippen LogP contribution in [0.15, 0.2) is 4.99 Å². The SMILES string of the molecule is CC(C)C[C@@H]1NC(=O)[C@H](CC(=O)O)NC(=O)CNC(=O)[C@H](CCCN=C(N)N)NC(=O)[C@@H](C)NC(=O)[C@H](C)NC(=O)[C@@H]2CCCN2C(=O)[C@H]2CCCN2C1=O. The first-order valence-electron chi connectivity index (χ1n) is 18.6. The second kappa shape index (κ2) is 20.3. The summed E-state index contributed by atoms with van der Waals surface area (Å²) in [5.41, 5.74) is 10.7. The van der Waals surface area contributed by atoms with Crippen molar-refractivity contribution < 1.29 is 48.3 Å². The minimum atomic E-state index is -1.66. The van der Waals surface area contributed by atoms with Crippen molar-refractivity contribution in [2.24, 2.45) is 22.4 Å². The number of nitrogens with two attached hydrogens (primary N) is 2. The highest BCUT2D eigenvalue weighted by atomic mass is 16.4. The molecule has 11 N–H and O–H groups in total. The summed E-state index contributed by atoms with van der Waals surface area (Å²) in [4.78, 5) is 126. The molecule has 7 atom stereocenters. The Morgan fingerprint density at radius 3 is 1.91 bits per heavy atom. The molecule has 0 aliphatic carbocycles. The number of amides is 8. The maximum atomic E-state index is 14.1. The van der Waals surface area contributed by atoms with E-state index in [1.165, 1.54) is 23.6 Å². The number of carboxylic acids is 1. The van der Waals surface area contributed by atoms with E-state index in [-0.39, 0.29) is 50.8 Å². The third kappa shape index (κ3) is 12.8. The minimum absolute atomic E-state index is 0.00705. The van der Waals surface area contributed by atoms with Gasteiger partial charge in [-0.3, -0.25) is 48.1 Å². The van der Waals surface area contributed by atoms with Crippen molar-refractivity contribution in [1.82, 2.24) is 41.7 Å². The van der Waals surface area contributed by atoms with Gasteiger partial charge in [-0.2, -0.15) is 0 Å². The van der Waals surface area contributed by atoms with E-state index in [1.807, 2.05) is 13.8 Å². The number of fused-ring (bicyclic) bond motifs is 2. The minimum Gasteiger partial charge on any atom is -0.481 e. The normalized spacial score (nSPS) is 28.1. The molecule has 0 bridgehead atoms. The van der Waals surface area contributed by atoms with E-state index in [2.05, 4.69) is 36.9 Å². The zero-order valence-corrected chi connectivity index (χ0v) is 31.7. The van der Waals surface area contributed by atoms with Gasteiger partial charge in [0.05, 0.1) is 13.0 Å². The maximum Gasteiger partial charge on any atom is 0.305 e. The summed E-state index contributed by atoms with van der Waals surface area (Å²) in [6.45, 7) is 6.19. The van der Waals surface area contributed by atoms with Gasteiger partial charge in [-0.1, -0.05) is 13.8 Å². The van der Waals surface area contributed by atoms with Crippen LogP contribution in [0.3, 0.4) is 0 Å². The van der Waals surface area contributed by atoms with E-state index in [0.29, 0.717) is 25.7 Å². The van der Waals surface area contributed by atoms with Gasteiger partial charge in [0, 0.05) is 19.6 Å². The Bertz CT molecular complexity index is 1520. The molecule has 0 spiro atoms. The average Bonchev–Trinajstić information content (AvgIpc) is 3.80. The van der Waals surface area contributed by atoms with Gasteiger partial charge in [0.1, 0.15) is 42.3 Å². The number of nitrogens with zero attached hydrogens (tertiary/aromatic N) is 3. The molecular weight excluding hydrogens is 722 g/mol. The lowest BCUT2D eigenvalue weighted by Crippen LogP contribution is -2.60. The first-order valence-corrected chi connectivity index (χ1v) is 18.6. The van der Waals surface area contributed by atoms with Gasteiger partial charge in [0.15, 0.2) is 5.96 Å². The van der Waals surface area contributed by atoms with Crippen LogP contribution in [-0.4, -0.2) is 143 Å². The summed E-state index contributed by atoms with van der Waals surface area (Å²) in [7, 11) is 0. The van der Waals surface area contributed by atoms with Gasteiger partial charge >= 0.3 is 5.97 Å². The molecule has 0 aromatic carbocycles. The van der Waals surface area contributed by atoms with Crippen molar-refractivity contribution in [2.75, 3.05) is 26.2 Å². The second-order valence-electron chi connectivity index (χ2n) is 14.5. The molecule has 0 saturated carbocycles. The van der Waals surface area contributed by atoms with Crippen molar-refractivity contribution >= 4 is 59.2 Å². The molecule has 3 aliphatic heterocycles. The summed E-state index contributed by atoms with van der Waals surface area (Å²) in [5.74, 6) is -7.60. The van der Waals surface area contributed by atoms with Crippen molar-refractivity contribution in [2.45, 2.75) is 121 Å². The molecule has 306 valence electrons. The molecule has 0 aromatic rings. The summed E-state index contributed by atoms with van der Waals surface area (Å²) in [6, 6.07) is -8.30. The third-order valence-electron chi connectivity index (χ3n) is 9.52. The molecule has 0 radical (unpaired) electrons. The largest absolute Gasteiger partial charge is 0.481 e. The summed E-state index contributed by atoms with van der Waals surface area (Å²) in [5, 5.41) is 24.4. The summed E-state index contributed by atoms with van der Waals surface area (Å²) < 4.78 is 0. The first kappa shape index (κ1) is 43.9. The fourth-order valence-electron chi connectivity index (χ4n) is 6.72. The predicted molar refractivity (Wildman–Crippen MR) is 195 cm³/mol. The molecular formula is C34H55N11O10. The van der Waals surface area contributed by atoms with E-state index in [9.17, 15) is 48.3 Å². The van der Waals surface area contributed by atoms with Gasteiger partial charge in [0.25, 0.3) is 0 Å². The number of rotatable bonds is 8. The number of carboxylic acid groups (broad SMARTS) is 1. The summed E-state index contributed by atoms with van der Waals surface area (Å²) in [6.07, 6.45) is 1.04. The maximum absolute atomic E-state index is 14.1. The first-order chi connectivity index (χ1) is 25.9. The Morgan fingerprint density at radius 1 is 0.745 bits per heavy atom. The molecule has 21 nitrogen and oxygen atoms in total. The van der Waals surface area contributed by atoms with Crippen LogP contribution in [-0.2, 0) is 43.2 Å². The number of hydrogen-bond donors (Lipinski definition) is 9. The van der Waals surface area contributed by atoms with Gasteiger partial charge in [0.2, 0.25) is 47.3 Å². The fraction of sp³-hybridized carbons (Fsp3) is 0.706. The molecule has 0 unspecified atom stereocenters. The van der Waals surface area contributed by atoms with Crippen molar-refractivity contribution in [3.05, 3.63) is 0 Å². The smallest absolute Gasteiger partial charge is 0.305 e. The highest BCUT2D eigenvalue weighted by molar-refractivity contribution is 5.99. The van der Waals surface area contributed by atoms with Crippen LogP contribution in [0.1, 0.15) is 79.1 Å². The predicted octanol–water partition coefficient (Wildman–Crippen LogP) is -3.86. The zero-order chi connectivity index (χ0) is 41.0. The molecule has 55 heavy (non-hydrogen) atoms. The zero-order valence-electron chi connectivity index (χ0n) is 31.7. The van der Waals surface area contributed by atoms with Crippen LogP contribution in [0.25, 0.3) is 0 Å². The number of hydrogen-bond acceptors (Lipinski definition) is 10. The van der Waals surface area contributed by atoms with Gasteiger partial charge < -0.3 is 58.3 Å². The fourth-order valence-corrected chi connectivity index (χ4v) is 6.72. The lowest BCUT2D eigenvalue weighted by molar-refractivity contribution is -0.148. The molecule has 3 rings (SSSR count). The highest BCUT2D eigenvalue weighted by Crippen LogP contribution is 2.26. The van der Waals surface area contributed by atoms with Crippen LogP contribution < -0.4 is 43.4 Å².